The van der Waals surface area contributed by atoms with Crippen LogP contribution in [-0.4, -0.2) is 24.6 Å². The second kappa shape index (κ2) is 7.51. The number of hydrogen-bond acceptors (Lipinski definition) is 4. The van der Waals surface area contributed by atoms with Gasteiger partial charge in [0, 0.05) is 5.56 Å². The van der Waals surface area contributed by atoms with Crippen molar-refractivity contribution in [1.82, 2.24) is 0 Å². The number of ketones is 1. The van der Waals surface area contributed by atoms with Crippen molar-refractivity contribution >= 4 is 5.78 Å². The van der Waals surface area contributed by atoms with Crippen LogP contribution in [-0.2, 0) is 25.6 Å². The minimum absolute atomic E-state index is 0.0447. The molecule has 4 nitrogen and oxygen atoms in total. The standard InChI is InChI=1S/C19H20O4/c1-14(20)18-17(13-21-12-15-8-4-2-5-9-15)22-19(23-18)16-10-6-3-7-11-16/h2-11,17-19H,12-13H2,1H3/t17-,18-,19?/m0/s1. The second-order valence-electron chi connectivity index (χ2n) is 5.59. The van der Waals surface area contributed by atoms with E-state index in [1.54, 1.807) is 0 Å². The lowest BCUT2D eigenvalue weighted by Crippen LogP contribution is -2.33. The molecule has 23 heavy (non-hydrogen) atoms. The number of carbonyl (C=O) groups excluding carboxylic acids is 1. The van der Waals surface area contributed by atoms with Crippen LogP contribution >= 0.6 is 0 Å². The molecule has 1 aliphatic heterocycles. The van der Waals surface area contributed by atoms with Crippen LogP contribution in [0.1, 0.15) is 24.3 Å². The van der Waals surface area contributed by atoms with Crippen molar-refractivity contribution < 1.29 is 19.0 Å². The summed E-state index contributed by atoms with van der Waals surface area (Å²) in [5.74, 6) is -0.0447. The lowest BCUT2D eigenvalue weighted by atomic mass is 10.1. The highest BCUT2D eigenvalue weighted by atomic mass is 16.7. The molecular formula is C19H20O4. The lowest BCUT2D eigenvalue weighted by molar-refractivity contribution is -0.129. The van der Waals surface area contributed by atoms with Gasteiger partial charge in [-0.15, -0.1) is 0 Å². The van der Waals surface area contributed by atoms with Crippen LogP contribution in [0.2, 0.25) is 0 Å². The van der Waals surface area contributed by atoms with Crippen LogP contribution in [0.15, 0.2) is 60.7 Å². The number of rotatable bonds is 6. The molecule has 0 N–H and O–H groups in total. The first-order valence-corrected chi connectivity index (χ1v) is 7.72. The maximum absolute atomic E-state index is 11.8. The molecule has 1 fully saturated rings. The van der Waals surface area contributed by atoms with E-state index >= 15 is 0 Å². The zero-order valence-corrected chi connectivity index (χ0v) is 13.1. The zero-order valence-electron chi connectivity index (χ0n) is 13.1. The third-order valence-corrected chi connectivity index (χ3v) is 3.77. The van der Waals surface area contributed by atoms with Gasteiger partial charge >= 0.3 is 0 Å². The van der Waals surface area contributed by atoms with Crippen molar-refractivity contribution in [1.29, 1.82) is 0 Å². The average molecular weight is 312 g/mol. The largest absolute Gasteiger partial charge is 0.374 e. The third-order valence-electron chi connectivity index (χ3n) is 3.77. The van der Waals surface area contributed by atoms with E-state index < -0.39 is 12.4 Å². The monoisotopic (exact) mass is 312 g/mol. The Balaban J connectivity index is 1.59. The highest BCUT2D eigenvalue weighted by Crippen LogP contribution is 2.31. The van der Waals surface area contributed by atoms with Gasteiger partial charge in [-0.1, -0.05) is 60.7 Å². The molecule has 1 heterocycles. The first-order chi connectivity index (χ1) is 11.2. The van der Waals surface area contributed by atoms with E-state index in [0.717, 1.165) is 11.1 Å². The van der Waals surface area contributed by atoms with Crippen molar-refractivity contribution in [2.75, 3.05) is 6.61 Å². The van der Waals surface area contributed by atoms with Crippen molar-refractivity contribution in [2.45, 2.75) is 32.0 Å². The first kappa shape index (κ1) is 15.9. The Labute approximate surface area is 136 Å². The molecule has 3 rings (SSSR count). The van der Waals surface area contributed by atoms with Crippen molar-refractivity contribution in [3.8, 4) is 0 Å². The van der Waals surface area contributed by atoms with E-state index in [1.807, 2.05) is 60.7 Å². The van der Waals surface area contributed by atoms with Gasteiger partial charge in [0.15, 0.2) is 12.1 Å². The highest BCUT2D eigenvalue weighted by molar-refractivity contribution is 5.81. The number of hydrogen-bond donors (Lipinski definition) is 0. The number of carbonyl (C=O) groups is 1. The fourth-order valence-corrected chi connectivity index (χ4v) is 2.60. The summed E-state index contributed by atoms with van der Waals surface area (Å²) in [4.78, 5) is 11.8. The van der Waals surface area contributed by atoms with Gasteiger partial charge in [0.2, 0.25) is 0 Å². The molecular weight excluding hydrogens is 292 g/mol. The molecule has 120 valence electrons. The molecule has 1 aliphatic rings. The number of ether oxygens (including phenoxy) is 3. The summed E-state index contributed by atoms with van der Waals surface area (Å²) in [6.45, 7) is 2.33. The van der Waals surface area contributed by atoms with Gasteiger partial charge in [-0.05, 0) is 12.5 Å². The van der Waals surface area contributed by atoms with Crippen molar-refractivity contribution in [3.05, 3.63) is 71.8 Å². The predicted molar refractivity (Wildman–Crippen MR) is 85.7 cm³/mol. The van der Waals surface area contributed by atoms with E-state index in [1.165, 1.54) is 6.92 Å². The number of Topliss-reactive ketones (excluding diaryl/α,β-unsaturated/α-hetero) is 1. The van der Waals surface area contributed by atoms with Gasteiger partial charge in [-0.3, -0.25) is 4.79 Å². The van der Waals surface area contributed by atoms with E-state index in [2.05, 4.69) is 0 Å². The van der Waals surface area contributed by atoms with Crippen LogP contribution in [0.25, 0.3) is 0 Å². The maximum Gasteiger partial charge on any atom is 0.185 e. The molecule has 1 unspecified atom stereocenters. The van der Waals surface area contributed by atoms with E-state index in [9.17, 15) is 4.79 Å². The van der Waals surface area contributed by atoms with Crippen LogP contribution in [0.3, 0.4) is 0 Å². The molecule has 0 radical (unpaired) electrons. The zero-order chi connectivity index (χ0) is 16.1. The van der Waals surface area contributed by atoms with E-state index in [-0.39, 0.29) is 11.9 Å². The molecule has 0 bridgehead atoms. The van der Waals surface area contributed by atoms with Gasteiger partial charge in [0.25, 0.3) is 0 Å². The lowest BCUT2D eigenvalue weighted by Gasteiger charge is -2.14. The molecule has 2 aromatic carbocycles. The summed E-state index contributed by atoms with van der Waals surface area (Å²) < 4.78 is 17.4. The second-order valence-corrected chi connectivity index (χ2v) is 5.59. The molecule has 2 aromatic rings. The fraction of sp³-hybridized carbons (Fsp3) is 0.316. The highest BCUT2D eigenvalue weighted by Gasteiger charge is 2.39. The van der Waals surface area contributed by atoms with E-state index in [4.69, 9.17) is 14.2 Å². The van der Waals surface area contributed by atoms with Crippen LogP contribution < -0.4 is 0 Å². The Morgan fingerprint density at radius 2 is 1.65 bits per heavy atom. The fourth-order valence-electron chi connectivity index (χ4n) is 2.60. The number of benzene rings is 2. The molecule has 4 heteroatoms. The maximum atomic E-state index is 11.8. The molecule has 3 atom stereocenters. The van der Waals surface area contributed by atoms with Gasteiger partial charge in [-0.25, -0.2) is 0 Å². The molecule has 0 spiro atoms. The summed E-state index contributed by atoms with van der Waals surface area (Å²) in [6.07, 6.45) is -1.49. The van der Waals surface area contributed by atoms with Crippen molar-refractivity contribution in [3.63, 3.8) is 0 Å². The van der Waals surface area contributed by atoms with Crippen LogP contribution in [0.4, 0.5) is 0 Å². The molecule has 0 aromatic heterocycles. The van der Waals surface area contributed by atoms with Gasteiger partial charge in [0.05, 0.1) is 13.2 Å². The topological polar surface area (TPSA) is 44.8 Å². The minimum atomic E-state index is -0.587. The van der Waals surface area contributed by atoms with Crippen molar-refractivity contribution in [2.24, 2.45) is 0 Å². The summed E-state index contributed by atoms with van der Waals surface area (Å²) in [7, 11) is 0. The Kier molecular flexibility index (Phi) is 5.18. The SMILES string of the molecule is CC(=O)[C@@H]1OC(c2ccccc2)O[C@H]1COCc1ccccc1. The molecule has 1 saturated heterocycles. The summed E-state index contributed by atoms with van der Waals surface area (Å²) in [5.41, 5.74) is 2.00. The Bertz CT molecular complexity index is 626. The summed E-state index contributed by atoms with van der Waals surface area (Å²) >= 11 is 0. The average Bonchev–Trinajstić information content (AvgIpc) is 3.01. The van der Waals surface area contributed by atoms with Crippen LogP contribution in [0, 0.1) is 0 Å². The molecule has 0 saturated carbocycles. The third kappa shape index (κ3) is 4.05. The van der Waals surface area contributed by atoms with Gasteiger partial charge < -0.3 is 14.2 Å². The minimum Gasteiger partial charge on any atom is -0.374 e. The summed E-state index contributed by atoms with van der Waals surface area (Å²) in [5, 5.41) is 0. The Morgan fingerprint density at radius 3 is 2.30 bits per heavy atom. The molecule has 0 aliphatic carbocycles. The Morgan fingerprint density at radius 1 is 1.00 bits per heavy atom. The Hall–Kier alpha value is -2.01. The molecule has 0 amide bonds. The first-order valence-electron chi connectivity index (χ1n) is 7.72. The smallest absolute Gasteiger partial charge is 0.185 e. The van der Waals surface area contributed by atoms with E-state index in [0.29, 0.717) is 13.2 Å². The summed E-state index contributed by atoms with van der Waals surface area (Å²) in [6, 6.07) is 19.5. The normalized spacial score (nSPS) is 23.8. The van der Waals surface area contributed by atoms with Gasteiger partial charge in [-0.2, -0.15) is 0 Å². The van der Waals surface area contributed by atoms with Crippen LogP contribution in [0.5, 0.6) is 0 Å². The van der Waals surface area contributed by atoms with Gasteiger partial charge in [0.1, 0.15) is 12.2 Å². The predicted octanol–water partition coefficient (Wildman–Crippen LogP) is 3.28. The quantitative estimate of drug-likeness (QED) is 0.821.